The third-order valence-electron chi connectivity index (χ3n) is 7.90. The van der Waals surface area contributed by atoms with Crippen LogP contribution in [0.5, 0.6) is 11.5 Å². The van der Waals surface area contributed by atoms with E-state index in [1.54, 1.807) is 62.9 Å². The van der Waals surface area contributed by atoms with Gasteiger partial charge in [-0.3, -0.25) is 14.4 Å². The Hall–Kier alpha value is -5.85. The Morgan fingerprint density at radius 2 is 1.69 bits per heavy atom. The molecule has 0 aliphatic carbocycles. The average molecular weight is 718 g/mol. The van der Waals surface area contributed by atoms with Crippen LogP contribution >= 0.6 is 23.1 Å². The van der Waals surface area contributed by atoms with Crippen molar-refractivity contribution in [2.45, 2.75) is 23.5 Å². The van der Waals surface area contributed by atoms with Crippen LogP contribution in [0.15, 0.2) is 119 Å². The number of para-hydroxylation sites is 1. The van der Waals surface area contributed by atoms with E-state index in [-0.39, 0.29) is 11.6 Å². The SMILES string of the molecule is CCC(Sc1cccc(NC(=O)/C(=C/c2c[nH]c3ccccc23)NC(=O)c2ccccc2)c1)C(=O)Nc1nc(-c2ccc(OC)c(OC)c2)cs1. The zero-order chi connectivity index (χ0) is 35.7. The molecule has 0 radical (unpaired) electrons. The van der Waals surface area contributed by atoms with Crippen LogP contribution in [-0.4, -0.2) is 47.2 Å². The topological polar surface area (TPSA) is 134 Å². The molecule has 12 heteroatoms. The number of ether oxygens (including phenoxy) is 2. The maximum absolute atomic E-state index is 13.7. The Balaban J connectivity index is 1.15. The Bertz CT molecular complexity index is 2210. The van der Waals surface area contributed by atoms with Crippen molar-refractivity contribution < 1.29 is 23.9 Å². The van der Waals surface area contributed by atoms with Crippen LogP contribution < -0.4 is 25.4 Å². The highest BCUT2D eigenvalue weighted by Gasteiger charge is 2.21. The average Bonchev–Trinajstić information content (AvgIpc) is 3.80. The molecule has 2 aromatic heterocycles. The van der Waals surface area contributed by atoms with Crippen LogP contribution in [0.4, 0.5) is 10.8 Å². The Labute approximate surface area is 303 Å². The lowest BCUT2D eigenvalue weighted by molar-refractivity contribution is -0.116. The fourth-order valence-electron chi connectivity index (χ4n) is 5.29. The van der Waals surface area contributed by atoms with E-state index in [0.717, 1.165) is 26.9 Å². The lowest BCUT2D eigenvalue weighted by atomic mass is 10.1. The third kappa shape index (κ3) is 8.48. The number of methoxy groups -OCH3 is 2. The molecule has 3 amide bonds. The number of nitrogens with one attached hydrogen (secondary N) is 4. The highest BCUT2D eigenvalue weighted by molar-refractivity contribution is 8.00. The van der Waals surface area contributed by atoms with Gasteiger partial charge in [-0.05, 0) is 67.1 Å². The fourth-order valence-corrected chi connectivity index (χ4v) is 7.02. The van der Waals surface area contributed by atoms with Gasteiger partial charge in [-0.15, -0.1) is 23.1 Å². The van der Waals surface area contributed by atoms with Gasteiger partial charge < -0.3 is 30.4 Å². The van der Waals surface area contributed by atoms with Gasteiger partial charge >= 0.3 is 0 Å². The van der Waals surface area contributed by atoms with E-state index < -0.39 is 17.1 Å². The Morgan fingerprint density at radius 1 is 0.902 bits per heavy atom. The Morgan fingerprint density at radius 3 is 2.47 bits per heavy atom. The number of amides is 3. The molecule has 0 saturated carbocycles. The number of carbonyl (C=O) groups is 3. The first kappa shape index (κ1) is 35.0. The van der Waals surface area contributed by atoms with Crippen molar-refractivity contribution in [1.29, 1.82) is 0 Å². The molecule has 6 rings (SSSR count). The molecular weight excluding hydrogens is 683 g/mol. The van der Waals surface area contributed by atoms with E-state index in [1.165, 1.54) is 23.1 Å². The number of H-pyrrole nitrogens is 1. The van der Waals surface area contributed by atoms with Gasteiger partial charge in [0.1, 0.15) is 5.70 Å². The summed E-state index contributed by atoms with van der Waals surface area (Å²) in [5.74, 6) is 0.124. The molecule has 4 aromatic carbocycles. The molecule has 6 aromatic rings. The summed E-state index contributed by atoms with van der Waals surface area (Å²) in [6, 6.07) is 29.2. The number of carbonyl (C=O) groups excluding carboxylic acids is 3. The maximum atomic E-state index is 13.7. The van der Waals surface area contributed by atoms with Crippen molar-refractivity contribution in [3.8, 4) is 22.8 Å². The van der Waals surface area contributed by atoms with Crippen LogP contribution in [0, 0.1) is 0 Å². The first-order valence-corrected chi connectivity index (χ1v) is 17.8. The lowest BCUT2D eigenvalue weighted by Crippen LogP contribution is -2.30. The van der Waals surface area contributed by atoms with Gasteiger partial charge in [0.2, 0.25) is 5.91 Å². The van der Waals surface area contributed by atoms with Crippen molar-refractivity contribution in [3.63, 3.8) is 0 Å². The van der Waals surface area contributed by atoms with Crippen molar-refractivity contribution in [3.05, 3.63) is 125 Å². The van der Waals surface area contributed by atoms with Gasteiger partial charge in [-0.2, -0.15) is 0 Å². The number of benzene rings is 4. The van der Waals surface area contributed by atoms with Gasteiger partial charge in [-0.25, -0.2) is 4.98 Å². The molecule has 1 unspecified atom stereocenters. The first-order chi connectivity index (χ1) is 24.8. The summed E-state index contributed by atoms with van der Waals surface area (Å²) in [4.78, 5) is 48.8. The van der Waals surface area contributed by atoms with E-state index in [1.807, 2.05) is 73.0 Å². The fraction of sp³-hybridized carbons (Fsp3) is 0.128. The van der Waals surface area contributed by atoms with Crippen LogP contribution in [0.2, 0.25) is 0 Å². The zero-order valence-corrected chi connectivity index (χ0v) is 29.7. The summed E-state index contributed by atoms with van der Waals surface area (Å²) >= 11 is 2.72. The van der Waals surface area contributed by atoms with Crippen molar-refractivity contribution in [1.82, 2.24) is 15.3 Å². The predicted octanol–water partition coefficient (Wildman–Crippen LogP) is 8.23. The second kappa shape index (κ2) is 16.2. The van der Waals surface area contributed by atoms with Gasteiger partial charge in [0.05, 0.1) is 25.2 Å². The number of anilines is 2. The molecule has 51 heavy (non-hydrogen) atoms. The quantitative estimate of drug-likeness (QED) is 0.0699. The van der Waals surface area contributed by atoms with Crippen LogP contribution in [0.1, 0.15) is 29.3 Å². The number of thiazole rings is 1. The number of aromatic amines is 1. The number of thioether (sulfide) groups is 1. The summed E-state index contributed by atoms with van der Waals surface area (Å²) in [7, 11) is 3.16. The number of fused-ring (bicyclic) bond motifs is 1. The molecule has 1 atom stereocenters. The standard InChI is InChI=1S/C39H35N5O5S2/c1-4-35(38(47)44-39-43-32(23-50-39)25-17-18-33(48-2)34(20-25)49-3)51-28-14-10-13-27(21-28)41-37(46)31(42-36(45)24-11-6-5-7-12-24)19-26-22-40-30-16-9-8-15-29(26)30/h5-23,35,40H,4H2,1-3H3,(H,41,46)(H,42,45)(H,43,44,47)/b31-19-. The van der Waals surface area contributed by atoms with Gasteiger partial charge in [0.25, 0.3) is 11.8 Å². The summed E-state index contributed by atoms with van der Waals surface area (Å²) < 4.78 is 10.7. The maximum Gasteiger partial charge on any atom is 0.272 e. The molecular formula is C39H35N5O5S2. The van der Waals surface area contributed by atoms with Gasteiger partial charge in [0.15, 0.2) is 16.6 Å². The summed E-state index contributed by atoms with van der Waals surface area (Å²) in [6.07, 6.45) is 4.01. The summed E-state index contributed by atoms with van der Waals surface area (Å²) in [6.45, 7) is 1.94. The highest BCUT2D eigenvalue weighted by atomic mass is 32.2. The molecule has 0 bridgehead atoms. The number of aromatic nitrogens is 2. The summed E-state index contributed by atoms with van der Waals surface area (Å²) in [5.41, 5.74) is 4.22. The van der Waals surface area contributed by atoms with Crippen LogP contribution in [0.3, 0.4) is 0 Å². The molecule has 10 nitrogen and oxygen atoms in total. The second-order valence-electron chi connectivity index (χ2n) is 11.3. The summed E-state index contributed by atoms with van der Waals surface area (Å²) in [5, 5.41) is 11.5. The van der Waals surface area contributed by atoms with E-state index >= 15 is 0 Å². The molecule has 0 saturated heterocycles. The monoisotopic (exact) mass is 717 g/mol. The lowest BCUT2D eigenvalue weighted by Gasteiger charge is -2.15. The largest absolute Gasteiger partial charge is 0.493 e. The molecule has 2 heterocycles. The normalized spacial score (nSPS) is 11.9. The molecule has 0 aliphatic rings. The smallest absolute Gasteiger partial charge is 0.272 e. The molecule has 4 N–H and O–H groups in total. The van der Waals surface area contributed by atoms with Crippen molar-refractivity contribution >= 4 is 68.6 Å². The third-order valence-corrected chi connectivity index (χ3v) is 10.0. The minimum atomic E-state index is -0.495. The minimum Gasteiger partial charge on any atom is -0.493 e. The number of hydrogen-bond donors (Lipinski definition) is 4. The van der Waals surface area contributed by atoms with Gasteiger partial charge in [0, 0.05) is 49.8 Å². The second-order valence-corrected chi connectivity index (χ2v) is 13.4. The number of hydrogen-bond acceptors (Lipinski definition) is 8. The van der Waals surface area contributed by atoms with Gasteiger partial charge in [-0.1, -0.05) is 49.4 Å². The van der Waals surface area contributed by atoms with E-state index in [0.29, 0.717) is 40.0 Å². The van der Waals surface area contributed by atoms with E-state index in [4.69, 9.17) is 9.47 Å². The van der Waals surface area contributed by atoms with Crippen LogP contribution in [-0.2, 0) is 9.59 Å². The predicted molar refractivity (Wildman–Crippen MR) is 204 cm³/mol. The van der Waals surface area contributed by atoms with E-state index in [9.17, 15) is 14.4 Å². The molecule has 0 spiro atoms. The van der Waals surface area contributed by atoms with Crippen molar-refractivity contribution in [2.75, 3.05) is 24.9 Å². The molecule has 258 valence electrons. The first-order valence-electron chi connectivity index (χ1n) is 16.1. The highest BCUT2D eigenvalue weighted by Crippen LogP contribution is 2.34. The minimum absolute atomic E-state index is 0.0772. The van der Waals surface area contributed by atoms with Crippen LogP contribution in [0.25, 0.3) is 28.2 Å². The van der Waals surface area contributed by atoms with E-state index in [2.05, 4.69) is 25.9 Å². The molecule has 0 aliphatic heterocycles. The zero-order valence-electron chi connectivity index (χ0n) is 28.1. The molecule has 0 fully saturated rings. The number of nitrogens with zero attached hydrogens (tertiary/aromatic N) is 1. The Kier molecular flexibility index (Phi) is 11.1. The van der Waals surface area contributed by atoms with Crippen molar-refractivity contribution in [2.24, 2.45) is 0 Å². The number of rotatable bonds is 13.